The maximum Gasteiger partial charge on any atom is 0.297 e. The van der Waals surface area contributed by atoms with E-state index in [4.69, 9.17) is 10.1 Å². The number of hydrogen-bond donors (Lipinski definition) is 0. The smallest absolute Gasteiger partial charge is 0.283 e. The van der Waals surface area contributed by atoms with Gasteiger partial charge in [0.1, 0.15) is 0 Å². The van der Waals surface area contributed by atoms with Crippen molar-refractivity contribution in [2.45, 2.75) is 13.8 Å². The Labute approximate surface area is 227 Å². The molecule has 0 saturated carbocycles. The fraction of sp³-hybridized carbons (Fsp3) is 0.100. The zero-order chi connectivity index (χ0) is 26.2. The number of hydrogen-bond acceptors (Lipinski definition) is 5. The van der Waals surface area contributed by atoms with Crippen LogP contribution in [0.15, 0.2) is 111 Å². The van der Waals surface area contributed by atoms with E-state index in [1.165, 1.54) is 11.3 Å². The van der Waals surface area contributed by atoms with E-state index >= 15 is 0 Å². The van der Waals surface area contributed by atoms with Crippen molar-refractivity contribution in [2.75, 3.05) is 0 Å². The van der Waals surface area contributed by atoms with E-state index in [9.17, 15) is 4.79 Å². The topological polar surface area (TPSA) is 56.6 Å². The van der Waals surface area contributed by atoms with E-state index in [2.05, 4.69) is 41.8 Å². The highest BCUT2D eigenvalue weighted by atomic mass is 32.1. The summed E-state index contributed by atoms with van der Waals surface area (Å²) in [6.07, 6.45) is 0. The van der Waals surface area contributed by atoms with Crippen molar-refractivity contribution in [2.24, 2.45) is 17.1 Å². The summed E-state index contributed by atoms with van der Waals surface area (Å²) in [6.45, 7) is 3.92. The second kappa shape index (κ2) is 9.89. The third kappa shape index (κ3) is 4.17. The Bertz CT molecular complexity index is 1910. The lowest BCUT2D eigenvalue weighted by Crippen LogP contribution is -2.20. The fourth-order valence-electron chi connectivity index (χ4n) is 4.57. The van der Waals surface area contributed by atoms with E-state index in [1.807, 2.05) is 84.2 Å². The first-order chi connectivity index (χ1) is 18.5. The van der Waals surface area contributed by atoms with Gasteiger partial charge >= 0.3 is 0 Å². The molecule has 188 valence electrons. The normalized spacial score (nSPS) is 12.5. The third-order valence-corrected chi connectivity index (χ3v) is 8.40. The van der Waals surface area contributed by atoms with Crippen molar-refractivity contribution in [3.63, 3.8) is 0 Å². The molecule has 0 spiro atoms. The fourth-order valence-corrected chi connectivity index (χ4v) is 6.07. The first kappa shape index (κ1) is 24.1. The average molecular weight is 536 g/mol. The molecule has 6 aromatic rings. The highest BCUT2D eigenvalue weighted by Gasteiger charge is 2.17. The number of fused-ring (bicyclic) bond motifs is 1. The van der Waals surface area contributed by atoms with Crippen molar-refractivity contribution in [3.8, 4) is 16.9 Å². The van der Waals surface area contributed by atoms with E-state index in [0.29, 0.717) is 10.5 Å². The minimum Gasteiger partial charge on any atom is -0.283 e. The van der Waals surface area contributed by atoms with E-state index in [1.54, 1.807) is 16.0 Å². The number of benzene rings is 3. The highest BCUT2D eigenvalue weighted by molar-refractivity contribution is 7.12. The summed E-state index contributed by atoms with van der Waals surface area (Å²) in [5, 5.41) is 11.4. The Morgan fingerprint density at radius 3 is 2.42 bits per heavy atom. The van der Waals surface area contributed by atoms with Crippen LogP contribution in [0.1, 0.15) is 17.5 Å². The van der Waals surface area contributed by atoms with Crippen LogP contribution in [-0.2, 0) is 7.05 Å². The molecule has 38 heavy (non-hydrogen) atoms. The van der Waals surface area contributed by atoms with Crippen LogP contribution in [0.2, 0.25) is 0 Å². The molecule has 0 amide bonds. The molecular formula is C30H25N5OS2. The van der Waals surface area contributed by atoms with Crippen LogP contribution in [-0.4, -0.2) is 19.8 Å². The molecular weight excluding hydrogens is 510 g/mol. The van der Waals surface area contributed by atoms with Crippen molar-refractivity contribution in [1.29, 1.82) is 0 Å². The summed E-state index contributed by atoms with van der Waals surface area (Å²) < 4.78 is 5.37. The Morgan fingerprint density at radius 1 is 0.868 bits per heavy atom. The van der Waals surface area contributed by atoms with Crippen molar-refractivity contribution in [3.05, 3.63) is 121 Å². The first-order valence-electron chi connectivity index (χ1n) is 12.2. The predicted molar refractivity (Wildman–Crippen MR) is 158 cm³/mol. The molecule has 8 heteroatoms. The molecule has 3 aromatic carbocycles. The molecule has 0 bridgehead atoms. The Morgan fingerprint density at radius 2 is 1.63 bits per heavy atom. The van der Waals surface area contributed by atoms with Crippen LogP contribution in [0.3, 0.4) is 0 Å². The lowest BCUT2D eigenvalue weighted by molar-refractivity contribution is 0.630. The van der Waals surface area contributed by atoms with Gasteiger partial charge in [-0.3, -0.25) is 9.48 Å². The second-order valence-electron chi connectivity index (χ2n) is 8.93. The molecule has 0 aliphatic heterocycles. The Hall–Kier alpha value is -4.27. The van der Waals surface area contributed by atoms with Crippen LogP contribution < -0.4 is 10.4 Å². The van der Waals surface area contributed by atoms with Gasteiger partial charge in [0.15, 0.2) is 5.69 Å². The average Bonchev–Trinajstić information content (AvgIpc) is 3.66. The van der Waals surface area contributed by atoms with Gasteiger partial charge in [-0.25, -0.2) is 14.4 Å². The number of thiophene rings is 1. The van der Waals surface area contributed by atoms with Gasteiger partial charge < -0.3 is 0 Å². The largest absolute Gasteiger partial charge is 0.297 e. The minimum absolute atomic E-state index is 0.165. The maximum atomic E-state index is 13.6. The zero-order valence-corrected chi connectivity index (χ0v) is 22.8. The van der Waals surface area contributed by atoms with E-state index in [-0.39, 0.29) is 5.56 Å². The molecule has 0 atom stereocenters. The van der Waals surface area contributed by atoms with Gasteiger partial charge in [-0.1, -0.05) is 66.7 Å². The lowest BCUT2D eigenvalue weighted by Gasteiger charge is -2.08. The van der Waals surface area contributed by atoms with Crippen molar-refractivity contribution in [1.82, 2.24) is 14.0 Å². The molecule has 0 radical (unpaired) electrons. The summed E-state index contributed by atoms with van der Waals surface area (Å²) in [6, 6.07) is 28.3. The molecule has 3 aromatic heterocycles. The molecule has 0 aliphatic carbocycles. The molecule has 3 heterocycles. The quantitative estimate of drug-likeness (QED) is 0.226. The van der Waals surface area contributed by atoms with Crippen molar-refractivity contribution < 1.29 is 0 Å². The van der Waals surface area contributed by atoms with Gasteiger partial charge in [-0.05, 0) is 48.2 Å². The van der Waals surface area contributed by atoms with Gasteiger partial charge in [0.25, 0.3) is 5.56 Å². The van der Waals surface area contributed by atoms with Crippen LogP contribution in [0.25, 0.3) is 27.7 Å². The highest BCUT2D eigenvalue weighted by Crippen LogP contribution is 2.29. The van der Waals surface area contributed by atoms with Crippen LogP contribution in [0.5, 0.6) is 0 Å². The summed E-state index contributed by atoms with van der Waals surface area (Å²) in [5.74, 6) is 0. The van der Waals surface area contributed by atoms with Gasteiger partial charge in [0.05, 0.1) is 27.7 Å². The van der Waals surface area contributed by atoms with E-state index in [0.717, 1.165) is 44.0 Å². The molecule has 0 fully saturated rings. The summed E-state index contributed by atoms with van der Waals surface area (Å²) in [7, 11) is 1.88. The lowest BCUT2D eigenvalue weighted by atomic mass is 10.0. The van der Waals surface area contributed by atoms with Crippen LogP contribution in [0, 0.1) is 6.92 Å². The molecule has 0 aliphatic rings. The molecule has 0 saturated heterocycles. The number of nitrogens with zero attached hydrogens (tertiary/aromatic N) is 5. The second-order valence-corrected chi connectivity index (χ2v) is 10.7. The monoisotopic (exact) mass is 535 g/mol. The van der Waals surface area contributed by atoms with Crippen LogP contribution in [0.4, 0.5) is 5.69 Å². The third-order valence-electron chi connectivity index (χ3n) is 6.61. The molecule has 0 N–H and O–H groups in total. The van der Waals surface area contributed by atoms with Crippen LogP contribution >= 0.6 is 22.7 Å². The number of thiazole rings is 1. The zero-order valence-electron chi connectivity index (χ0n) is 21.2. The maximum absolute atomic E-state index is 13.6. The SMILES string of the molecule is CC(=Nn1c(-c2cccc3ccccc23)csc1=Nc1c(C)n(C)n(-c2ccccc2)c1=O)c1cccs1. The number of aromatic nitrogens is 3. The summed E-state index contributed by atoms with van der Waals surface area (Å²) >= 11 is 3.12. The van der Waals surface area contributed by atoms with Gasteiger partial charge in [0, 0.05) is 18.0 Å². The number of para-hydroxylation sites is 1. The van der Waals surface area contributed by atoms with Gasteiger partial charge in [-0.15, -0.1) is 22.7 Å². The molecule has 0 unspecified atom stereocenters. The Balaban J connectivity index is 1.61. The van der Waals surface area contributed by atoms with E-state index < -0.39 is 0 Å². The Kier molecular flexibility index (Phi) is 6.27. The summed E-state index contributed by atoms with van der Waals surface area (Å²) in [5.41, 5.74) is 4.69. The number of rotatable bonds is 5. The standard InChI is InChI=1S/C30H25N5OS2/c1-20(27-17-10-18-37-27)32-34-26(25-16-9-12-22-11-7-8-15-24(22)25)19-38-30(34)31-28-21(2)33(3)35(29(28)36)23-13-5-4-6-14-23/h4-19H,1-3H3. The van der Waals surface area contributed by atoms with Crippen molar-refractivity contribution >= 4 is 44.8 Å². The van der Waals surface area contributed by atoms with Gasteiger partial charge in [0.2, 0.25) is 4.80 Å². The summed E-state index contributed by atoms with van der Waals surface area (Å²) in [4.78, 5) is 20.2. The predicted octanol–water partition coefficient (Wildman–Crippen LogP) is 6.73. The molecule has 6 nitrogen and oxygen atoms in total. The minimum atomic E-state index is -0.165. The molecule has 6 rings (SSSR count). The first-order valence-corrected chi connectivity index (χ1v) is 14.0. The van der Waals surface area contributed by atoms with Gasteiger partial charge in [-0.2, -0.15) is 5.10 Å².